The summed E-state index contributed by atoms with van der Waals surface area (Å²) in [5.41, 5.74) is 0. The van der Waals surface area contributed by atoms with Crippen LogP contribution < -0.4 is 0 Å². The maximum atomic E-state index is 11.6. The average molecular weight is 260 g/mol. The smallest absolute Gasteiger partial charge is 0.347 e. The third-order valence-corrected chi connectivity index (χ3v) is 2.18. The molecule has 104 valence electrons. The fourth-order valence-corrected chi connectivity index (χ4v) is 1.30. The Hall–Kier alpha value is -1.59. The molecule has 0 aliphatic rings. The molecule has 0 aliphatic heterocycles. The summed E-state index contributed by atoms with van der Waals surface area (Å²) in [4.78, 5) is 32.8. The van der Waals surface area contributed by atoms with Crippen LogP contribution in [0.1, 0.15) is 46.0 Å². The molecule has 18 heavy (non-hydrogen) atoms. The zero-order valence-corrected chi connectivity index (χ0v) is 10.8. The maximum Gasteiger partial charge on any atom is 0.347 e. The first-order valence-electron chi connectivity index (χ1n) is 6.03. The van der Waals surface area contributed by atoms with E-state index in [0.717, 1.165) is 26.2 Å². The first kappa shape index (κ1) is 16.4. The fraction of sp³-hybridized carbons (Fsp3) is 0.750. The normalized spacial score (nSPS) is 11.7. The van der Waals surface area contributed by atoms with Crippen LogP contribution in [0.2, 0.25) is 0 Å². The molecule has 0 spiro atoms. The SMILES string of the molecule is CCCCCOC(=O)C(CCC(=O)O)OC(C)=O. The molecule has 0 fully saturated rings. The van der Waals surface area contributed by atoms with Gasteiger partial charge in [-0.15, -0.1) is 0 Å². The Morgan fingerprint density at radius 3 is 2.39 bits per heavy atom. The minimum absolute atomic E-state index is 0.0679. The lowest BCUT2D eigenvalue weighted by Crippen LogP contribution is -2.29. The van der Waals surface area contributed by atoms with Crippen LogP contribution in [0, 0.1) is 0 Å². The van der Waals surface area contributed by atoms with Crippen LogP contribution in [0.4, 0.5) is 0 Å². The minimum Gasteiger partial charge on any atom is -0.481 e. The average Bonchev–Trinajstić information content (AvgIpc) is 2.29. The van der Waals surface area contributed by atoms with Gasteiger partial charge in [-0.1, -0.05) is 19.8 Å². The van der Waals surface area contributed by atoms with Gasteiger partial charge in [0.1, 0.15) is 0 Å². The molecule has 0 bridgehead atoms. The lowest BCUT2D eigenvalue weighted by Gasteiger charge is -2.15. The van der Waals surface area contributed by atoms with E-state index in [1.807, 2.05) is 6.92 Å². The third-order valence-electron chi connectivity index (χ3n) is 2.18. The van der Waals surface area contributed by atoms with E-state index in [4.69, 9.17) is 14.6 Å². The number of ether oxygens (including phenoxy) is 2. The van der Waals surface area contributed by atoms with E-state index < -0.39 is 24.0 Å². The van der Waals surface area contributed by atoms with Crippen LogP contribution in [0.15, 0.2) is 0 Å². The summed E-state index contributed by atoms with van der Waals surface area (Å²) in [7, 11) is 0. The van der Waals surface area contributed by atoms with Gasteiger partial charge in [0.15, 0.2) is 6.10 Å². The summed E-state index contributed by atoms with van der Waals surface area (Å²) in [6.45, 7) is 3.45. The number of carboxylic acid groups (broad SMARTS) is 1. The molecule has 0 heterocycles. The molecular weight excluding hydrogens is 240 g/mol. The van der Waals surface area contributed by atoms with Crippen molar-refractivity contribution >= 4 is 17.9 Å². The molecule has 6 nitrogen and oxygen atoms in total. The molecule has 0 aromatic rings. The van der Waals surface area contributed by atoms with Gasteiger partial charge in [0, 0.05) is 19.8 Å². The van der Waals surface area contributed by atoms with Gasteiger partial charge in [0.05, 0.1) is 6.61 Å². The molecule has 0 amide bonds. The number of hydrogen-bond acceptors (Lipinski definition) is 5. The lowest BCUT2D eigenvalue weighted by atomic mass is 10.2. The Bertz CT molecular complexity index is 286. The van der Waals surface area contributed by atoms with Crippen LogP contribution in [0.3, 0.4) is 0 Å². The summed E-state index contributed by atoms with van der Waals surface area (Å²) < 4.78 is 9.67. The molecule has 0 radical (unpaired) electrons. The highest BCUT2D eigenvalue weighted by Crippen LogP contribution is 2.07. The van der Waals surface area contributed by atoms with Crippen molar-refractivity contribution in [1.82, 2.24) is 0 Å². The van der Waals surface area contributed by atoms with Crippen molar-refractivity contribution in [3.63, 3.8) is 0 Å². The van der Waals surface area contributed by atoms with E-state index in [0.29, 0.717) is 0 Å². The Kier molecular flexibility index (Phi) is 8.61. The van der Waals surface area contributed by atoms with Crippen LogP contribution in [-0.2, 0) is 23.9 Å². The lowest BCUT2D eigenvalue weighted by molar-refractivity contribution is -0.167. The van der Waals surface area contributed by atoms with Crippen molar-refractivity contribution in [2.75, 3.05) is 6.61 Å². The van der Waals surface area contributed by atoms with Crippen molar-refractivity contribution in [3.8, 4) is 0 Å². The highest BCUT2D eigenvalue weighted by atomic mass is 16.6. The zero-order valence-electron chi connectivity index (χ0n) is 10.8. The zero-order chi connectivity index (χ0) is 14.0. The number of hydrogen-bond donors (Lipinski definition) is 1. The van der Waals surface area contributed by atoms with E-state index >= 15 is 0 Å². The summed E-state index contributed by atoms with van der Waals surface area (Å²) in [5, 5.41) is 8.53. The van der Waals surface area contributed by atoms with Gasteiger partial charge < -0.3 is 14.6 Å². The van der Waals surface area contributed by atoms with E-state index in [1.165, 1.54) is 0 Å². The van der Waals surface area contributed by atoms with Crippen LogP contribution in [0.25, 0.3) is 0 Å². The molecule has 1 unspecified atom stereocenters. The summed E-state index contributed by atoms with van der Waals surface area (Å²) >= 11 is 0. The first-order valence-corrected chi connectivity index (χ1v) is 6.03. The molecule has 0 aromatic heterocycles. The highest BCUT2D eigenvalue weighted by Gasteiger charge is 2.23. The maximum absolute atomic E-state index is 11.6. The Balaban J connectivity index is 4.13. The van der Waals surface area contributed by atoms with Gasteiger partial charge in [-0.2, -0.15) is 0 Å². The van der Waals surface area contributed by atoms with Crippen molar-refractivity contribution in [2.24, 2.45) is 0 Å². The summed E-state index contributed by atoms with van der Waals surface area (Å²) in [6.07, 6.45) is 1.25. The Morgan fingerprint density at radius 1 is 1.22 bits per heavy atom. The van der Waals surface area contributed by atoms with E-state index in [-0.39, 0.29) is 19.4 Å². The Morgan fingerprint density at radius 2 is 1.89 bits per heavy atom. The predicted octanol–water partition coefficient (Wildman–Crippen LogP) is 1.52. The molecule has 0 rings (SSSR count). The van der Waals surface area contributed by atoms with Crippen molar-refractivity contribution < 1.29 is 29.0 Å². The Labute approximate surface area is 106 Å². The van der Waals surface area contributed by atoms with Gasteiger partial charge in [-0.3, -0.25) is 9.59 Å². The van der Waals surface area contributed by atoms with Crippen molar-refractivity contribution in [2.45, 2.75) is 52.1 Å². The number of carboxylic acids is 1. The molecule has 1 N–H and O–H groups in total. The quantitative estimate of drug-likeness (QED) is 0.499. The number of esters is 2. The summed E-state index contributed by atoms with van der Waals surface area (Å²) in [5.74, 6) is -2.36. The fourth-order valence-electron chi connectivity index (χ4n) is 1.30. The molecule has 0 aliphatic carbocycles. The molecule has 1 atom stereocenters. The van der Waals surface area contributed by atoms with Crippen LogP contribution in [0.5, 0.6) is 0 Å². The summed E-state index contributed by atoms with van der Waals surface area (Å²) in [6, 6.07) is 0. The van der Waals surface area contributed by atoms with E-state index in [9.17, 15) is 14.4 Å². The molecular formula is C12H20O6. The van der Waals surface area contributed by atoms with Crippen LogP contribution in [-0.4, -0.2) is 35.7 Å². The molecule has 0 saturated heterocycles. The molecule has 0 aromatic carbocycles. The number of carbonyl (C=O) groups is 3. The van der Waals surface area contributed by atoms with Gasteiger partial charge in [0.2, 0.25) is 0 Å². The van der Waals surface area contributed by atoms with Crippen molar-refractivity contribution in [1.29, 1.82) is 0 Å². The van der Waals surface area contributed by atoms with Crippen molar-refractivity contribution in [3.05, 3.63) is 0 Å². The van der Waals surface area contributed by atoms with Gasteiger partial charge in [-0.25, -0.2) is 4.79 Å². The largest absolute Gasteiger partial charge is 0.481 e. The molecule has 0 saturated carbocycles. The number of carbonyl (C=O) groups excluding carboxylic acids is 2. The standard InChI is InChI=1S/C12H20O6/c1-3-4-5-8-17-12(16)10(18-9(2)13)6-7-11(14)15/h10H,3-8H2,1-2H3,(H,14,15). The second kappa shape index (κ2) is 9.44. The number of rotatable bonds is 9. The topological polar surface area (TPSA) is 89.9 Å². The minimum atomic E-state index is -1.12. The van der Waals surface area contributed by atoms with Gasteiger partial charge in [-0.05, 0) is 6.42 Å². The van der Waals surface area contributed by atoms with Crippen LogP contribution >= 0.6 is 0 Å². The second-order valence-corrected chi connectivity index (χ2v) is 3.91. The monoisotopic (exact) mass is 260 g/mol. The third kappa shape index (κ3) is 8.55. The molecule has 6 heteroatoms. The second-order valence-electron chi connectivity index (χ2n) is 3.91. The van der Waals surface area contributed by atoms with Gasteiger partial charge >= 0.3 is 17.9 Å². The number of aliphatic carboxylic acids is 1. The van der Waals surface area contributed by atoms with E-state index in [2.05, 4.69) is 0 Å². The van der Waals surface area contributed by atoms with Gasteiger partial charge in [0.25, 0.3) is 0 Å². The van der Waals surface area contributed by atoms with E-state index in [1.54, 1.807) is 0 Å². The first-order chi connectivity index (χ1) is 8.47. The predicted molar refractivity (Wildman–Crippen MR) is 62.9 cm³/mol. The highest BCUT2D eigenvalue weighted by molar-refractivity contribution is 5.79. The number of unbranched alkanes of at least 4 members (excludes halogenated alkanes) is 2.